The molecule has 0 saturated carbocycles. The zero-order chi connectivity index (χ0) is 22.1. The van der Waals surface area contributed by atoms with Gasteiger partial charge in [-0.3, -0.25) is 4.79 Å². The quantitative estimate of drug-likeness (QED) is 0.408. The number of anilines is 1. The smallest absolute Gasteiger partial charge is 0.232 e. The molecule has 3 aromatic rings. The highest BCUT2D eigenvalue weighted by Crippen LogP contribution is 2.26. The third-order valence-corrected chi connectivity index (χ3v) is 6.51. The van der Waals surface area contributed by atoms with Crippen LogP contribution in [0.4, 0.5) is 5.13 Å². The summed E-state index contributed by atoms with van der Waals surface area (Å²) in [4.78, 5) is 14.0. The Bertz CT molecular complexity index is 968. The van der Waals surface area contributed by atoms with Crippen LogP contribution in [-0.4, -0.2) is 54.1 Å². The number of nitrogens with zero attached hydrogens (tertiary/aromatic N) is 3. The van der Waals surface area contributed by atoms with Crippen LogP contribution in [0, 0.1) is 0 Å². The van der Waals surface area contributed by atoms with Crippen LogP contribution in [-0.2, 0) is 11.3 Å². The molecule has 1 heterocycles. The highest BCUT2D eigenvalue weighted by Gasteiger charge is 2.12. The molecule has 0 spiro atoms. The molecule has 7 nitrogen and oxygen atoms in total. The lowest BCUT2D eigenvalue weighted by Gasteiger charge is -2.17. The Labute approximate surface area is 194 Å². The molecule has 0 aliphatic rings. The summed E-state index contributed by atoms with van der Waals surface area (Å²) in [7, 11) is 3.40. The first kappa shape index (κ1) is 23.2. The van der Waals surface area contributed by atoms with E-state index in [0.717, 1.165) is 26.5 Å². The number of carbonyl (C=O) groups excluding carboxylic acids is 1. The van der Waals surface area contributed by atoms with Crippen LogP contribution < -0.4 is 14.8 Å². The molecule has 1 aromatic heterocycles. The van der Waals surface area contributed by atoms with Crippen LogP contribution in [0.1, 0.15) is 5.56 Å². The van der Waals surface area contributed by atoms with Crippen LogP contribution in [0.3, 0.4) is 0 Å². The number of likely N-dealkylation sites (N-methyl/N-ethyl adjacent to an activating group) is 1. The Hall–Kier alpha value is -2.49. The van der Waals surface area contributed by atoms with Gasteiger partial charge in [0.1, 0.15) is 18.1 Å². The van der Waals surface area contributed by atoms with Gasteiger partial charge in [0.15, 0.2) is 4.34 Å². The standard InChI is InChI=1S/C21H23ClN4O3S2/c1-26(11-12-29-18-9-5-16(22)6-10-18)19(27)14-30-21-25-24-20(31-21)23-13-15-3-7-17(28-2)8-4-15/h3-10H,11-14H2,1-2H3,(H,23,24). The molecule has 3 rings (SSSR count). The van der Waals surface area contributed by atoms with E-state index in [2.05, 4.69) is 15.5 Å². The number of carbonyl (C=O) groups is 1. The molecular formula is C21H23ClN4O3S2. The molecule has 10 heteroatoms. The van der Waals surface area contributed by atoms with Gasteiger partial charge in [-0.2, -0.15) is 0 Å². The second-order valence-electron chi connectivity index (χ2n) is 6.48. The largest absolute Gasteiger partial charge is 0.497 e. The van der Waals surface area contributed by atoms with Crippen LogP contribution in [0.25, 0.3) is 0 Å². The monoisotopic (exact) mass is 478 g/mol. The van der Waals surface area contributed by atoms with Gasteiger partial charge in [-0.15, -0.1) is 10.2 Å². The fraction of sp³-hybridized carbons (Fsp3) is 0.286. The summed E-state index contributed by atoms with van der Waals surface area (Å²) in [6, 6.07) is 15.0. The number of halogens is 1. The van der Waals surface area contributed by atoms with E-state index in [1.165, 1.54) is 23.1 Å². The molecule has 31 heavy (non-hydrogen) atoms. The zero-order valence-corrected chi connectivity index (χ0v) is 19.6. The molecule has 2 aromatic carbocycles. The maximum atomic E-state index is 12.3. The number of benzene rings is 2. The molecule has 0 unspecified atom stereocenters. The molecule has 0 radical (unpaired) electrons. The molecule has 0 atom stereocenters. The fourth-order valence-electron chi connectivity index (χ4n) is 2.45. The maximum Gasteiger partial charge on any atom is 0.232 e. The number of rotatable bonds is 11. The number of nitrogens with one attached hydrogen (secondary N) is 1. The summed E-state index contributed by atoms with van der Waals surface area (Å²) in [6.07, 6.45) is 0. The van der Waals surface area contributed by atoms with Gasteiger partial charge in [0.05, 0.1) is 19.4 Å². The predicted octanol–water partition coefficient (Wildman–Crippen LogP) is 4.44. The molecule has 1 N–H and O–H groups in total. The molecule has 1 amide bonds. The summed E-state index contributed by atoms with van der Waals surface area (Å²) in [6.45, 7) is 1.54. The molecule has 0 aliphatic carbocycles. The number of aromatic nitrogens is 2. The van der Waals surface area contributed by atoms with Crippen molar-refractivity contribution in [2.75, 3.05) is 38.4 Å². The highest BCUT2D eigenvalue weighted by molar-refractivity contribution is 8.01. The highest BCUT2D eigenvalue weighted by atomic mass is 35.5. The zero-order valence-electron chi connectivity index (χ0n) is 17.2. The Morgan fingerprint density at radius 2 is 1.84 bits per heavy atom. The van der Waals surface area contributed by atoms with E-state index in [4.69, 9.17) is 21.1 Å². The van der Waals surface area contributed by atoms with Gasteiger partial charge in [0.2, 0.25) is 11.0 Å². The summed E-state index contributed by atoms with van der Waals surface area (Å²) in [5.74, 6) is 1.85. The van der Waals surface area contributed by atoms with E-state index in [-0.39, 0.29) is 5.91 Å². The number of thioether (sulfide) groups is 1. The van der Waals surface area contributed by atoms with E-state index in [9.17, 15) is 4.79 Å². The second kappa shape index (κ2) is 11.8. The van der Waals surface area contributed by atoms with E-state index in [1.807, 2.05) is 24.3 Å². The van der Waals surface area contributed by atoms with Gasteiger partial charge < -0.3 is 19.7 Å². The molecule has 0 saturated heterocycles. The van der Waals surface area contributed by atoms with Gasteiger partial charge in [0, 0.05) is 18.6 Å². The minimum Gasteiger partial charge on any atom is -0.497 e. The van der Waals surface area contributed by atoms with Crippen LogP contribution in [0.5, 0.6) is 11.5 Å². The molecule has 164 valence electrons. The first-order chi connectivity index (χ1) is 15.0. The Morgan fingerprint density at radius 1 is 1.13 bits per heavy atom. The van der Waals surface area contributed by atoms with E-state index < -0.39 is 0 Å². The minimum atomic E-state index is 0.00708. The summed E-state index contributed by atoms with van der Waals surface area (Å²) >= 11 is 8.66. The Kier molecular flexibility index (Phi) is 8.81. The Morgan fingerprint density at radius 3 is 2.55 bits per heavy atom. The summed E-state index contributed by atoms with van der Waals surface area (Å²) in [5, 5.41) is 12.9. The van der Waals surface area contributed by atoms with Gasteiger partial charge in [-0.25, -0.2) is 0 Å². The van der Waals surface area contributed by atoms with Crippen molar-refractivity contribution in [3.8, 4) is 11.5 Å². The lowest BCUT2D eigenvalue weighted by molar-refractivity contribution is -0.127. The molecular weight excluding hydrogens is 456 g/mol. The van der Waals surface area contributed by atoms with Crippen molar-refractivity contribution in [3.05, 3.63) is 59.1 Å². The molecule has 0 bridgehead atoms. The van der Waals surface area contributed by atoms with Crippen LogP contribution >= 0.6 is 34.7 Å². The number of ether oxygens (including phenoxy) is 2. The summed E-state index contributed by atoms with van der Waals surface area (Å²) < 4.78 is 11.5. The van der Waals surface area contributed by atoms with E-state index in [1.54, 1.807) is 43.3 Å². The van der Waals surface area contributed by atoms with Gasteiger partial charge in [0.25, 0.3) is 0 Å². The average Bonchev–Trinajstić information content (AvgIpc) is 3.25. The van der Waals surface area contributed by atoms with Crippen molar-refractivity contribution in [2.45, 2.75) is 10.9 Å². The molecule has 0 fully saturated rings. The average molecular weight is 479 g/mol. The van der Waals surface area contributed by atoms with E-state index in [0.29, 0.717) is 30.5 Å². The second-order valence-corrected chi connectivity index (χ2v) is 9.12. The van der Waals surface area contributed by atoms with Gasteiger partial charge in [-0.05, 0) is 42.0 Å². The van der Waals surface area contributed by atoms with Gasteiger partial charge >= 0.3 is 0 Å². The predicted molar refractivity (Wildman–Crippen MR) is 126 cm³/mol. The van der Waals surface area contributed by atoms with Crippen molar-refractivity contribution in [1.29, 1.82) is 0 Å². The first-order valence-electron chi connectivity index (χ1n) is 9.49. The number of amides is 1. The van der Waals surface area contributed by atoms with Gasteiger partial charge in [-0.1, -0.05) is 46.8 Å². The van der Waals surface area contributed by atoms with Crippen molar-refractivity contribution >= 4 is 45.7 Å². The number of hydrogen-bond donors (Lipinski definition) is 1. The van der Waals surface area contributed by atoms with Crippen molar-refractivity contribution < 1.29 is 14.3 Å². The third kappa shape index (κ3) is 7.61. The third-order valence-electron chi connectivity index (χ3n) is 4.26. The normalized spacial score (nSPS) is 10.5. The topological polar surface area (TPSA) is 76.6 Å². The SMILES string of the molecule is COc1ccc(CNc2nnc(SCC(=O)N(C)CCOc3ccc(Cl)cc3)s2)cc1. The minimum absolute atomic E-state index is 0.00708. The maximum absolute atomic E-state index is 12.3. The first-order valence-corrected chi connectivity index (χ1v) is 11.7. The van der Waals surface area contributed by atoms with Crippen molar-refractivity contribution in [3.63, 3.8) is 0 Å². The van der Waals surface area contributed by atoms with Crippen LogP contribution in [0.2, 0.25) is 5.02 Å². The van der Waals surface area contributed by atoms with Crippen molar-refractivity contribution in [1.82, 2.24) is 15.1 Å². The Balaban J connectivity index is 1.36. The fourth-order valence-corrected chi connectivity index (χ4v) is 4.26. The number of methoxy groups -OCH3 is 1. The lowest BCUT2D eigenvalue weighted by atomic mass is 10.2. The molecule has 0 aliphatic heterocycles. The van der Waals surface area contributed by atoms with Crippen molar-refractivity contribution in [2.24, 2.45) is 0 Å². The summed E-state index contributed by atoms with van der Waals surface area (Å²) in [5.41, 5.74) is 1.11. The van der Waals surface area contributed by atoms with E-state index >= 15 is 0 Å². The lowest BCUT2D eigenvalue weighted by Crippen LogP contribution is -2.32. The van der Waals surface area contributed by atoms with Crippen LogP contribution in [0.15, 0.2) is 52.9 Å². The number of hydrogen-bond acceptors (Lipinski definition) is 8.